The molecule has 1 amide bonds. The molecule has 0 spiro atoms. The van der Waals surface area contributed by atoms with Gasteiger partial charge in [-0.3, -0.25) is 9.78 Å². The number of benzene rings is 1. The van der Waals surface area contributed by atoms with E-state index in [0.717, 1.165) is 32.9 Å². The molecule has 0 aliphatic carbocycles. The van der Waals surface area contributed by atoms with Crippen molar-refractivity contribution < 1.29 is 4.79 Å². The van der Waals surface area contributed by atoms with Gasteiger partial charge in [0.2, 0.25) is 5.91 Å². The number of pyridine rings is 1. The summed E-state index contributed by atoms with van der Waals surface area (Å²) in [7, 11) is 3.99. The van der Waals surface area contributed by atoms with E-state index in [1.165, 1.54) is 4.88 Å². The quantitative estimate of drug-likeness (QED) is 0.769. The molecule has 0 radical (unpaired) electrons. The minimum atomic E-state index is 0.0102. The smallest absolute Gasteiger partial charge is 0.221 e. The van der Waals surface area contributed by atoms with Gasteiger partial charge in [0, 0.05) is 42.9 Å². The average molecular weight is 352 g/mol. The number of aryl methyl sites for hydroxylation is 1. The summed E-state index contributed by atoms with van der Waals surface area (Å²) in [6, 6.07) is 8.30. The van der Waals surface area contributed by atoms with Crippen LogP contribution < -0.4 is 10.2 Å². The molecular formula is C19H20N4OS. The SMILES string of the molecule is Cc1ccc(C2CC(=O)NCc3nc(N(C)C)sc32)c2cccnc12. The molecule has 1 unspecified atom stereocenters. The lowest BCUT2D eigenvalue weighted by molar-refractivity contribution is -0.121. The van der Waals surface area contributed by atoms with E-state index in [2.05, 4.69) is 35.4 Å². The highest BCUT2D eigenvalue weighted by Gasteiger charge is 2.29. The first-order chi connectivity index (χ1) is 12.0. The molecule has 6 heteroatoms. The van der Waals surface area contributed by atoms with E-state index in [0.29, 0.717) is 13.0 Å². The molecule has 5 nitrogen and oxygen atoms in total. The van der Waals surface area contributed by atoms with Gasteiger partial charge in [0.25, 0.3) is 0 Å². The van der Waals surface area contributed by atoms with Crippen LogP contribution in [-0.2, 0) is 11.3 Å². The van der Waals surface area contributed by atoms with Gasteiger partial charge in [-0.05, 0) is 24.1 Å². The van der Waals surface area contributed by atoms with E-state index in [1.54, 1.807) is 11.3 Å². The number of carbonyl (C=O) groups is 1. The van der Waals surface area contributed by atoms with Crippen molar-refractivity contribution in [3.8, 4) is 0 Å². The summed E-state index contributed by atoms with van der Waals surface area (Å²) in [5.74, 6) is 0.0789. The molecule has 2 aromatic heterocycles. The summed E-state index contributed by atoms with van der Waals surface area (Å²) in [5.41, 5.74) is 4.28. The summed E-state index contributed by atoms with van der Waals surface area (Å²) in [5, 5.41) is 5.07. The van der Waals surface area contributed by atoms with Gasteiger partial charge < -0.3 is 10.2 Å². The Labute approximate surface area is 150 Å². The Hall–Kier alpha value is -2.47. The van der Waals surface area contributed by atoms with Gasteiger partial charge >= 0.3 is 0 Å². The van der Waals surface area contributed by atoms with Crippen LogP contribution in [0.2, 0.25) is 0 Å². The number of thiazole rings is 1. The fourth-order valence-electron chi connectivity index (χ4n) is 3.36. The monoisotopic (exact) mass is 352 g/mol. The standard InChI is InChI=1S/C19H20N4OS/c1-11-6-7-12(13-5-4-8-20-17(11)13)14-9-16(24)21-10-15-18(14)25-19(22-15)23(2)3/h4-8,14H,9-10H2,1-3H3,(H,21,24). The highest BCUT2D eigenvalue weighted by Crippen LogP contribution is 2.41. The van der Waals surface area contributed by atoms with Crippen molar-refractivity contribution in [2.75, 3.05) is 19.0 Å². The number of amides is 1. The van der Waals surface area contributed by atoms with E-state index in [1.807, 2.05) is 31.3 Å². The summed E-state index contributed by atoms with van der Waals surface area (Å²) in [6.45, 7) is 2.57. The zero-order chi connectivity index (χ0) is 17.6. The first kappa shape index (κ1) is 16.0. The predicted molar refractivity (Wildman–Crippen MR) is 101 cm³/mol. The minimum absolute atomic E-state index is 0.0102. The van der Waals surface area contributed by atoms with Crippen molar-refractivity contribution in [3.05, 3.63) is 52.2 Å². The van der Waals surface area contributed by atoms with Crippen LogP contribution in [0.15, 0.2) is 30.5 Å². The van der Waals surface area contributed by atoms with Gasteiger partial charge in [-0.2, -0.15) is 0 Å². The van der Waals surface area contributed by atoms with Crippen LogP contribution in [0.1, 0.15) is 34.0 Å². The second-order valence-electron chi connectivity index (χ2n) is 6.61. The Morgan fingerprint density at radius 2 is 2.12 bits per heavy atom. The summed E-state index contributed by atoms with van der Waals surface area (Å²) in [4.78, 5) is 24.8. The van der Waals surface area contributed by atoms with Crippen molar-refractivity contribution in [1.82, 2.24) is 15.3 Å². The molecule has 1 atom stereocenters. The number of nitrogens with one attached hydrogen (secondary N) is 1. The predicted octanol–water partition coefficient (Wildman–Crippen LogP) is 3.22. The third-order valence-electron chi connectivity index (χ3n) is 4.64. The largest absolute Gasteiger partial charge is 0.354 e. The molecule has 3 heterocycles. The zero-order valence-electron chi connectivity index (χ0n) is 14.5. The lowest BCUT2D eigenvalue weighted by Gasteiger charge is -2.17. The van der Waals surface area contributed by atoms with Crippen molar-refractivity contribution in [3.63, 3.8) is 0 Å². The van der Waals surface area contributed by atoms with Crippen LogP contribution in [0.4, 0.5) is 5.13 Å². The first-order valence-corrected chi connectivity index (χ1v) is 9.14. The number of hydrogen-bond donors (Lipinski definition) is 1. The maximum atomic E-state index is 12.3. The van der Waals surface area contributed by atoms with Crippen molar-refractivity contribution in [1.29, 1.82) is 0 Å². The van der Waals surface area contributed by atoms with Crippen LogP contribution in [0, 0.1) is 6.92 Å². The summed E-state index contributed by atoms with van der Waals surface area (Å²) < 4.78 is 0. The van der Waals surface area contributed by atoms with Crippen LogP contribution >= 0.6 is 11.3 Å². The van der Waals surface area contributed by atoms with Crippen LogP contribution in [-0.4, -0.2) is 30.0 Å². The van der Waals surface area contributed by atoms with Crippen LogP contribution in [0.25, 0.3) is 10.9 Å². The minimum Gasteiger partial charge on any atom is -0.354 e. The van der Waals surface area contributed by atoms with E-state index >= 15 is 0 Å². The molecule has 0 saturated carbocycles. The molecular weight excluding hydrogens is 332 g/mol. The summed E-state index contributed by atoms with van der Waals surface area (Å²) in [6.07, 6.45) is 2.26. The topological polar surface area (TPSA) is 58.1 Å². The normalized spacial score (nSPS) is 17.1. The Morgan fingerprint density at radius 3 is 2.92 bits per heavy atom. The van der Waals surface area contributed by atoms with Crippen molar-refractivity contribution in [2.45, 2.75) is 25.8 Å². The fourth-order valence-corrected chi connectivity index (χ4v) is 4.49. The fraction of sp³-hybridized carbons (Fsp3) is 0.316. The first-order valence-electron chi connectivity index (χ1n) is 8.32. The third kappa shape index (κ3) is 2.76. The number of anilines is 1. The van der Waals surface area contributed by atoms with Gasteiger partial charge in [-0.1, -0.05) is 18.2 Å². The molecule has 3 aromatic rings. The number of fused-ring (bicyclic) bond motifs is 2. The Kier molecular flexibility index (Phi) is 3.92. The van der Waals surface area contributed by atoms with Crippen LogP contribution in [0.5, 0.6) is 0 Å². The van der Waals surface area contributed by atoms with E-state index in [9.17, 15) is 4.79 Å². The molecule has 1 aliphatic heterocycles. The maximum Gasteiger partial charge on any atom is 0.221 e. The van der Waals surface area contributed by atoms with Gasteiger partial charge in [0.15, 0.2) is 5.13 Å². The summed E-state index contributed by atoms with van der Waals surface area (Å²) >= 11 is 1.68. The molecule has 0 fully saturated rings. The van der Waals surface area contributed by atoms with Crippen LogP contribution in [0.3, 0.4) is 0 Å². The number of carbonyl (C=O) groups excluding carboxylic acids is 1. The number of rotatable bonds is 2. The molecule has 128 valence electrons. The van der Waals surface area contributed by atoms with Gasteiger partial charge in [0.1, 0.15) is 0 Å². The molecule has 0 bridgehead atoms. The molecule has 1 N–H and O–H groups in total. The molecule has 4 rings (SSSR count). The molecule has 1 aromatic carbocycles. The lowest BCUT2D eigenvalue weighted by atomic mass is 9.89. The van der Waals surface area contributed by atoms with E-state index in [4.69, 9.17) is 4.98 Å². The Bertz CT molecular complexity index is 963. The van der Waals surface area contributed by atoms with Crippen molar-refractivity contribution >= 4 is 33.3 Å². The van der Waals surface area contributed by atoms with E-state index in [-0.39, 0.29) is 11.8 Å². The van der Waals surface area contributed by atoms with Gasteiger partial charge in [-0.15, -0.1) is 11.3 Å². The molecule has 1 aliphatic rings. The Morgan fingerprint density at radius 1 is 1.28 bits per heavy atom. The van der Waals surface area contributed by atoms with Gasteiger partial charge in [0.05, 0.1) is 17.8 Å². The maximum absolute atomic E-state index is 12.3. The number of aromatic nitrogens is 2. The molecule has 25 heavy (non-hydrogen) atoms. The Balaban J connectivity index is 1.93. The average Bonchev–Trinajstić information content (AvgIpc) is 2.97. The molecule has 0 saturated heterocycles. The van der Waals surface area contributed by atoms with Gasteiger partial charge in [-0.25, -0.2) is 4.98 Å². The zero-order valence-corrected chi connectivity index (χ0v) is 15.4. The second kappa shape index (κ2) is 6.11. The lowest BCUT2D eigenvalue weighted by Crippen LogP contribution is -2.21. The number of hydrogen-bond acceptors (Lipinski definition) is 5. The third-order valence-corrected chi connectivity index (χ3v) is 6.02. The second-order valence-corrected chi connectivity index (χ2v) is 7.62. The highest BCUT2D eigenvalue weighted by molar-refractivity contribution is 7.15. The van der Waals surface area contributed by atoms with E-state index < -0.39 is 0 Å². The highest BCUT2D eigenvalue weighted by atomic mass is 32.1. The number of nitrogens with zero attached hydrogens (tertiary/aromatic N) is 3. The van der Waals surface area contributed by atoms with Crippen molar-refractivity contribution in [2.24, 2.45) is 0 Å².